The molecule has 2 unspecified atom stereocenters. The molecule has 1 aromatic carbocycles. The molecule has 28 heavy (non-hydrogen) atoms. The van der Waals surface area contributed by atoms with E-state index in [2.05, 4.69) is 5.32 Å². The Morgan fingerprint density at radius 1 is 1.21 bits per heavy atom. The Morgan fingerprint density at radius 3 is 2.43 bits per heavy atom. The maximum atomic E-state index is 12.1. The molecule has 0 aliphatic carbocycles. The van der Waals surface area contributed by atoms with Gasteiger partial charge < -0.3 is 14.8 Å². The number of carbonyl (C=O) groups excluding carboxylic acids is 3. The van der Waals surface area contributed by atoms with Gasteiger partial charge in [-0.1, -0.05) is 12.1 Å². The van der Waals surface area contributed by atoms with Crippen LogP contribution in [-0.4, -0.2) is 49.4 Å². The third-order valence-corrected chi connectivity index (χ3v) is 4.68. The molecule has 156 valence electrons. The van der Waals surface area contributed by atoms with Crippen molar-refractivity contribution in [2.45, 2.75) is 57.1 Å². The van der Waals surface area contributed by atoms with Crippen LogP contribution in [-0.2, 0) is 34.0 Å². The van der Waals surface area contributed by atoms with Gasteiger partial charge in [-0.05, 0) is 45.7 Å². The van der Waals surface area contributed by atoms with Crippen LogP contribution >= 0.6 is 0 Å². The first-order chi connectivity index (χ1) is 13.1. The van der Waals surface area contributed by atoms with Crippen molar-refractivity contribution >= 4 is 33.5 Å². The topological polar surface area (TPSA) is 136 Å². The van der Waals surface area contributed by atoms with Gasteiger partial charge >= 0.3 is 5.97 Å². The molecule has 9 nitrogen and oxygen atoms in total. The molecule has 0 fully saturated rings. The SMILES string of the molecule is CCOC(C)C(=O)OC(CCCC(=O)Nc1ccccc1S(=O)(=O)O)C(C)=O. The van der Waals surface area contributed by atoms with Gasteiger partial charge in [-0.15, -0.1) is 0 Å². The van der Waals surface area contributed by atoms with Gasteiger partial charge in [0.15, 0.2) is 18.0 Å². The lowest BCUT2D eigenvalue weighted by atomic mass is 10.1. The number of hydrogen-bond donors (Lipinski definition) is 2. The van der Waals surface area contributed by atoms with Crippen LogP contribution in [0.5, 0.6) is 0 Å². The minimum atomic E-state index is -4.48. The minimum absolute atomic E-state index is 0.0395. The molecule has 0 heterocycles. The lowest BCUT2D eigenvalue weighted by Crippen LogP contribution is -2.32. The summed E-state index contributed by atoms with van der Waals surface area (Å²) in [4.78, 5) is 35.2. The van der Waals surface area contributed by atoms with Crippen molar-refractivity contribution in [1.82, 2.24) is 0 Å². The quantitative estimate of drug-likeness (QED) is 0.413. The van der Waals surface area contributed by atoms with E-state index in [-0.39, 0.29) is 30.7 Å². The number of para-hydroxylation sites is 1. The number of ether oxygens (including phenoxy) is 2. The first-order valence-electron chi connectivity index (χ1n) is 8.75. The van der Waals surface area contributed by atoms with Gasteiger partial charge in [0, 0.05) is 13.0 Å². The Kier molecular flexibility index (Phi) is 9.23. The molecule has 0 aliphatic heterocycles. The van der Waals surface area contributed by atoms with Crippen LogP contribution in [0.25, 0.3) is 0 Å². The van der Waals surface area contributed by atoms with E-state index in [1.165, 1.54) is 32.0 Å². The number of amides is 1. The van der Waals surface area contributed by atoms with Crippen molar-refractivity contribution in [2.75, 3.05) is 11.9 Å². The number of rotatable bonds is 11. The summed E-state index contributed by atoms with van der Waals surface area (Å²) in [6, 6.07) is 5.43. The largest absolute Gasteiger partial charge is 0.452 e. The number of esters is 1. The smallest absolute Gasteiger partial charge is 0.335 e. The van der Waals surface area contributed by atoms with Crippen LogP contribution in [0.3, 0.4) is 0 Å². The summed E-state index contributed by atoms with van der Waals surface area (Å²) in [7, 11) is -4.48. The molecule has 0 spiro atoms. The van der Waals surface area contributed by atoms with Gasteiger partial charge in [0.25, 0.3) is 10.1 Å². The molecule has 0 bridgehead atoms. The van der Waals surface area contributed by atoms with E-state index in [0.29, 0.717) is 6.61 Å². The molecule has 0 radical (unpaired) electrons. The standard InChI is InChI=1S/C18H25NO8S/c1-4-26-13(3)18(22)27-15(12(2)20)9-7-11-17(21)19-14-8-5-6-10-16(14)28(23,24)25/h5-6,8,10,13,15H,4,7,9,11H2,1-3H3,(H,19,21)(H,23,24,25). The average Bonchev–Trinajstić information content (AvgIpc) is 2.60. The highest BCUT2D eigenvalue weighted by atomic mass is 32.2. The number of hydrogen-bond acceptors (Lipinski definition) is 7. The second-order valence-corrected chi connectivity index (χ2v) is 7.44. The highest BCUT2D eigenvalue weighted by molar-refractivity contribution is 7.86. The predicted molar refractivity (Wildman–Crippen MR) is 100 cm³/mol. The Labute approximate surface area is 164 Å². The molecule has 1 amide bonds. The summed E-state index contributed by atoms with van der Waals surface area (Å²) in [5.41, 5.74) is -0.0462. The second kappa shape index (κ2) is 10.9. The fourth-order valence-corrected chi connectivity index (χ4v) is 3.00. The van der Waals surface area contributed by atoms with E-state index in [1.54, 1.807) is 6.92 Å². The zero-order valence-electron chi connectivity index (χ0n) is 16.0. The van der Waals surface area contributed by atoms with Crippen LogP contribution in [0.1, 0.15) is 40.0 Å². The number of benzene rings is 1. The van der Waals surface area contributed by atoms with Gasteiger partial charge in [-0.2, -0.15) is 8.42 Å². The number of Topliss-reactive ketones (excluding diaryl/α,β-unsaturated/α-hetero) is 1. The molecule has 2 N–H and O–H groups in total. The molecule has 2 atom stereocenters. The lowest BCUT2D eigenvalue weighted by molar-refractivity contribution is -0.165. The van der Waals surface area contributed by atoms with E-state index >= 15 is 0 Å². The van der Waals surface area contributed by atoms with E-state index in [4.69, 9.17) is 9.47 Å². The zero-order valence-corrected chi connectivity index (χ0v) is 16.8. The summed E-state index contributed by atoms with van der Waals surface area (Å²) >= 11 is 0. The molecule has 10 heteroatoms. The van der Waals surface area contributed by atoms with Gasteiger partial charge in [-0.25, -0.2) is 4.79 Å². The Hall–Kier alpha value is -2.30. The Bertz CT molecular complexity index is 806. The number of carbonyl (C=O) groups is 3. The summed E-state index contributed by atoms with van der Waals surface area (Å²) in [5.74, 6) is -1.52. The van der Waals surface area contributed by atoms with Crippen LogP contribution in [0.4, 0.5) is 5.69 Å². The second-order valence-electron chi connectivity index (χ2n) is 6.05. The highest BCUT2D eigenvalue weighted by Crippen LogP contribution is 2.21. The van der Waals surface area contributed by atoms with Crippen molar-refractivity contribution in [2.24, 2.45) is 0 Å². The summed E-state index contributed by atoms with van der Waals surface area (Å²) in [5, 5.41) is 2.40. The maximum absolute atomic E-state index is 12.1. The predicted octanol–water partition coefficient (Wildman–Crippen LogP) is 1.97. The highest BCUT2D eigenvalue weighted by Gasteiger charge is 2.23. The summed E-state index contributed by atoms with van der Waals surface area (Å²) in [6.07, 6.45) is -1.48. The van der Waals surface area contributed by atoms with E-state index in [1.807, 2.05) is 0 Å². The zero-order chi connectivity index (χ0) is 21.3. The van der Waals surface area contributed by atoms with Gasteiger partial charge in [0.05, 0.1) is 5.69 Å². The molecule has 1 rings (SSSR count). The summed E-state index contributed by atoms with van der Waals surface area (Å²) in [6.45, 7) is 4.85. The molecule has 0 aromatic heterocycles. The first kappa shape index (κ1) is 23.7. The van der Waals surface area contributed by atoms with E-state index < -0.39 is 39.1 Å². The molecule has 0 saturated heterocycles. The number of anilines is 1. The number of nitrogens with one attached hydrogen (secondary N) is 1. The Balaban J connectivity index is 2.60. The van der Waals surface area contributed by atoms with Crippen LogP contribution in [0, 0.1) is 0 Å². The molecule has 0 aliphatic rings. The van der Waals surface area contributed by atoms with Gasteiger partial charge in [0.2, 0.25) is 5.91 Å². The molecular weight excluding hydrogens is 390 g/mol. The van der Waals surface area contributed by atoms with E-state index in [9.17, 15) is 27.4 Å². The Morgan fingerprint density at radius 2 is 1.86 bits per heavy atom. The van der Waals surface area contributed by atoms with Crippen molar-refractivity contribution in [1.29, 1.82) is 0 Å². The van der Waals surface area contributed by atoms with Crippen molar-refractivity contribution < 1.29 is 36.8 Å². The van der Waals surface area contributed by atoms with E-state index in [0.717, 1.165) is 6.07 Å². The first-order valence-corrected chi connectivity index (χ1v) is 10.2. The number of ketones is 1. The van der Waals surface area contributed by atoms with Gasteiger partial charge in [0.1, 0.15) is 4.90 Å². The summed E-state index contributed by atoms with van der Waals surface area (Å²) < 4.78 is 42.1. The monoisotopic (exact) mass is 415 g/mol. The van der Waals surface area contributed by atoms with Crippen molar-refractivity contribution in [3.63, 3.8) is 0 Å². The third-order valence-electron chi connectivity index (χ3n) is 3.77. The average molecular weight is 415 g/mol. The van der Waals surface area contributed by atoms with Gasteiger partial charge in [-0.3, -0.25) is 14.1 Å². The van der Waals surface area contributed by atoms with Crippen molar-refractivity contribution in [3.05, 3.63) is 24.3 Å². The molecule has 1 aromatic rings. The van der Waals surface area contributed by atoms with Crippen LogP contribution < -0.4 is 5.32 Å². The lowest BCUT2D eigenvalue weighted by Gasteiger charge is -2.18. The minimum Gasteiger partial charge on any atom is -0.452 e. The maximum Gasteiger partial charge on any atom is 0.335 e. The fourth-order valence-electron chi connectivity index (χ4n) is 2.35. The molecular formula is C18H25NO8S. The van der Waals surface area contributed by atoms with Crippen molar-refractivity contribution in [3.8, 4) is 0 Å². The third kappa shape index (κ3) is 7.75. The normalized spacial score (nSPS) is 13.4. The van der Waals surface area contributed by atoms with Crippen LogP contribution in [0.15, 0.2) is 29.2 Å². The molecule has 0 saturated carbocycles. The fraction of sp³-hybridized carbons (Fsp3) is 0.500. The van der Waals surface area contributed by atoms with Crippen LogP contribution in [0.2, 0.25) is 0 Å².